The lowest BCUT2D eigenvalue weighted by Gasteiger charge is -2.40. The van der Waals surface area contributed by atoms with E-state index < -0.39 is 32.1 Å². The number of amides is 2. The monoisotopic (exact) mass is 705 g/mol. The maximum Gasteiger partial charge on any atom is 0.410 e. The van der Waals surface area contributed by atoms with E-state index in [1.54, 1.807) is 23.2 Å². The van der Waals surface area contributed by atoms with Crippen LogP contribution in [0.3, 0.4) is 0 Å². The first kappa shape index (κ1) is 40.2. The molecular formula is C39H55N3O7Si. The molecule has 2 amide bonds. The number of methoxy groups -OCH3 is 1. The lowest BCUT2D eigenvalue weighted by Crippen LogP contribution is -2.46. The van der Waals surface area contributed by atoms with Gasteiger partial charge < -0.3 is 28.9 Å². The molecule has 0 radical (unpaired) electrons. The van der Waals surface area contributed by atoms with Crippen LogP contribution in [0.1, 0.15) is 89.9 Å². The summed E-state index contributed by atoms with van der Waals surface area (Å²) in [6.45, 7) is 22.3. The van der Waals surface area contributed by atoms with Gasteiger partial charge in [0, 0.05) is 19.7 Å². The minimum Gasteiger partial charge on any atom is -0.490 e. The Labute approximate surface area is 299 Å². The second kappa shape index (κ2) is 16.7. The second-order valence-corrected chi connectivity index (χ2v) is 20.0. The van der Waals surface area contributed by atoms with Gasteiger partial charge in [-0.25, -0.2) is 14.6 Å². The Kier molecular flexibility index (Phi) is 13.4. The molecule has 1 heterocycles. The van der Waals surface area contributed by atoms with Crippen LogP contribution in [0.4, 0.5) is 10.6 Å². The number of hydrogen-bond acceptors (Lipinski definition) is 8. The molecule has 3 aromatic rings. The quantitative estimate of drug-likeness (QED) is 0.139. The highest BCUT2D eigenvalue weighted by Gasteiger charge is 2.40. The summed E-state index contributed by atoms with van der Waals surface area (Å²) >= 11 is 0. The van der Waals surface area contributed by atoms with E-state index >= 15 is 0 Å². The molecule has 0 unspecified atom stereocenters. The zero-order valence-electron chi connectivity index (χ0n) is 31.8. The number of benzene rings is 2. The zero-order valence-corrected chi connectivity index (χ0v) is 32.8. The smallest absolute Gasteiger partial charge is 0.410 e. The number of ether oxygens (including phenoxy) is 3. The molecule has 11 heteroatoms. The van der Waals surface area contributed by atoms with Gasteiger partial charge in [0.15, 0.2) is 8.32 Å². The Balaban J connectivity index is 1.90. The van der Waals surface area contributed by atoms with Gasteiger partial charge in [-0.1, -0.05) is 57.2 Å². The Morgan fingerprint density at radius 3 is 2.08 bits per heavy atom. The van der Waals surface area contributed by atoms with Crippen LogP contribution in [0.25, 0.3) is 11.1 Å². The molecule has 0 saturated heterocycles. The first-order valence-corrected chi connectivity index (χ1v) is 20.0. The predicted octanol–water partition coefficient (Wildman–Crippen LogP) is 8.82. The molecular weight excluding hydrogens is 651 g/mol. The van der Waals surface area contributed by atoms with Crippen LogP contribution in [0.5, 0.6) is 5.75 Å². The van der Waals surface area contributed by atoms with Gasteiger partial charge >= 0.3 is 12.1 Å². The van der Waals surface area contributed by atoms with Crippen molar-refractivity contribution in [2.24, 2.45) is 0 Å². The van der Waals surface area contributed by atoms with Crippen molar-refractivity contribution in [1.29, 1.82) is 0 Å². The Hall–Kier alpha value is -4.22. The Morgan fingerprint density at radius 1 is 0.920 bits per heavy atom. The van der Waals surface area contributed by atoms with Crippen LogP contribution >= 0.6 is 0 Å². The van der Waals surface area contributed by atoms with Crippen LogP contribution in [-0.2, 0) is 25.1 Å². The average Bonchev–Trinajstić information content (AvgIpc) is 3.00. The standard InChI is InChI=1S/C39H55N3O7Si/c1-26(2)47-33-23-30(17-19-32(33)36(44)46-10)29-15-13-28(14-16-29)21-22-42(37(45)48-38(4,5)6)25-34(49-50(11,12)39(7,8)9)31-18-20-35(40-24-31)41-27(3)43/h13-20,23-24,26,34H,21-22,25H2,1-12H3,(H,40,41,43)/t34-/m1/s1. The first-order valence-electron chi connectivity index (χ1n) is 17.1. The molecule has 0 aliphatic rings. The van der Waals surface area contributed by atoms with Gasteiger partial charge in [0.1, 0.15) is 22.7 Å². The molecule has 272 valence electrons. The van der Waals surface area contributed by atoms with E-state index in [2.05, 4.69) is 44.2 Å². The molecule has 1 aromatic heterocycles. The third kappa shape index (κ3) is 11.7. The van der Waals surface area contributed by atoms with Gasteiger partial charge in [-0.3, -0.25) is 4.79 Å². The topological polar surface area (TPSA) is 116 Å². The van der Waals surface area contributed by atoms with Crippen molar-refractivity contribution in [3.63, 3.8) is 0 Å². The van der Waals surface area contributed by atoms with Crippen LogP contribution in [0, 0.1) is 0 Å². The van der Waals surface area contributed by atoms with Crippen molar-refractivity contribution in [3.05, 3.63) is 77.5 Å². The van der Waals surface area contributed by atoms with Crippen molar-refractivity contribution in [2.45, 2.75) is 105 Å². The number of anilines is 1. The molecule has 0 aliphatic heterocycles. The van der Waals surface area contributed by atoms with E-state index in [-0.39, 0.29) is 23.6 Å². The van der Waals surface area contributed by atoms with Gasteiger partial charge in [0.2, 0.25) is 5.91 Å². The van der Waals surface area contributed by atoms with Crippen molar-refractivity contribution in [2.75, 3.05) is 25.5 Å². The van der Waals surface area contributed by atoms with Crippen molar-refractivity contribution < 1.29 is 33.0 Å². The maximum atomic E-state index is 13.7. The SMILES string of the molecule is COC(=O)c1ccc(-c2ccc(CCN(C[C@@H](O[Si](C)(C)C(C)(C)C)c3ccc(NC(C)=O)nc3)C(=O)OC(C)(C)C)cc2)cc1OC(C)C. The summed E-state index contributed by atoms with van der Waals surface area (Å²) in [6, 6.07) is 17.2. The number of hydrogen-bond donors (Lipinski definition) is 1. The first-order chi connectivity index (χ1) is 23.2. The third-order valence-electron chi connectivity index (χ3n) is 8.45. The van der Waals surface area contributed by atoms with E-state index in [9.17, 15) is 14.4 Å². The minimum absolute atomic E-state index is 0.0748. The average molecular weight is 706 g/mol. The summed E-state index contributed by atoms with van der Waals surface area (Å²) in [5.74, 6) is 0.260. The largest absolute Gasteiger partial charge is 0.490 e. The maximum absolute atomic E-state index is 13.7. The van der Waals surface area contributed by atoms with Gasteiger partial charge in [0.05, 0.1) is 25.9 Å². The van der Waals surface area contributed by atoms with E-state index in [1.165, 1.54) is 14.0 Å². The lowest BCUT2D eigenvalue weighted by atomic mass is 10.0. The fourth-order valence-electron chi connectivity index (χ4n) is 4.84. The molecule has 50 heavy (non-hydrogen) atoms. The number of nitrogens with one attached hydrogen (secondary N) is 1. The molecule has 0 bridgehead atoms. The van der Waals surface area contributed by atoms with Gasteiger partial charge in [-0.05, 0) is 99.6 Å². The molecule has 10 nitrogen and oxygen atoms in total. The van der Waals surface area contributed by atoms with Crippen LogP contribution < -0.4 is 10.1 Å². The second-order valence-electron chi connectivity index (χ2n) is 15.3. The molecule has 2 aromatic carbocycles. The fraction of sp³-hybridized carbons (Fsp3) is 0.487. The molecule has 0 saturated carbocycles. The molecule has 3 rings (SSSR count). The number of rotatable bonds is 13. The number of carbonyl (C=O) groups excluding carboxylic acids is 3. The van der Waals surface area contributed by atoms with Gasteiger partial charge in [0.25, 0.3) is 0 Å². The van der Waals surface area contributed by atoms with Crippen LogP contribution in [-0.4, -0.2) is 68.1 Å². The molecule has 1 N–H and O–H groups in total. The molecule has 0 fully saturated rings. The summed E-state index contributed by atoms with van der Waals surface area (Å²) in [7, 11) is -0.950. The number of carbonyl (C=O) groups is 3. The van der Waals surface area contributed by atoms with Crippen LogP contribution in [0.2, 0.25) is 18.1 Å². The number of pyridine rings is 1. The van der Waals surface area contributed by atoms with Crippen molar-refractivity contribution in [1.82, 2.24) is 9.88 Å². The number of aromatic nitrogens is 1. The minimum atomic E-state index is -2.30. The summed E-state index contributed by atoms with van der Waals surface area (Å²) in [5.41, 5.74) is 3.39. The number of esters is 1. The summed E-state index contributed by atoms with van der Waals surface area (Å²) in [5, 5.41) is 2.63. The normalized spacial score (nSPS) is 12.7. The lowest BCUT2D eigenvalue weighted by molar-refractivity contribution is -0.114. The van der Waals surface area contributed by atoms with Crippen molar-refractivity contribution in [3.8, 4) is 16.9 Å². The summed E-state index contributed by atoms with van der Waals surface area (Å²) in [6.07, 6.45) is 1.26. The predicted molar refractivity (Wildman–Crippen MR) is 200 cm³/mol. The van der Waals surface area contributed by atoms with Crippen molar-refractivity contribution >= 4 is 32.1 Å². The summed E-state index contributed by atoms with van der Waals surface area (Å²) in [4.78, 5) is 43.7. The van der Waals surface area contributed by atoms with E-state index in [0.29, 0.717) is 30.1 Å². The van der Waals surface area contributed by atoms with Gasteiger partial charge in [-0.15, -0.1) is 0 Å². The molecule has 0 spiro atoms. The van der Waals surface area contributed by atoms with E-state index in [0.717, 1.165) is 22.3 Å². The van der Waals surface area contributed by atoms with E-state index in [4.69, 9.17) is 18.6 Å². The summed E-state index contributed by atoms with van der Waals surface area (Å²) < 4.78 is 23.7. The highest BCUT2D eigenvalue weighted by atomic mass is 28.4. The molecule has 0 aliphatic carbocycles. The number of nitrogens with zero attached hydrogens (tertiary/aromatic N) is 2. The van der Waals surface area contributed by atoms with Crippen LogP contribution in [0.15, 0.2) is 60.8 Å². The fourth-order valence-corrected chi connectivity index (χ4v) is 6.11. The zero-order chi connectivity index (χ0) is 37.4. The third-order valence-corrected chi connectivity index (χ3v) is 12.9. The Bertz CT molecular complexity index is 1610. The highest BCUT2D eigenvalue weighted by Crippen LogP contribution is 2.40. The molecule has 1 atom stereocenters. The highest BCUT2D eigenvalue weighted by molar-refractivity contribution is 6.74. The van der Waals surface area contributed by atoms with E-state index in [1.807, 2.05) is 77.1 Å². The Morgan fingerprint density at radius 2 is 1.56 bits per heavy atom. The van der Waals surface area contributed by atoms with Gasteiger partial charge in [-0.2, -0.15) is 0 Å².